The highest BCUT2D eigenvalue weighted by Crippen LogP contribution is 2.18. The minimum Gasteiger partial charge on any atom is -0.393 e. The van der Waals surface area contributed by atoms with E-state index in [9.17, 15) is 4.79 Å². The average molecular weight is 214 g/mol. The molecule has 15 heavy (non-hydrogen) atoms. The quantitative estimate of drug-likeness (QED) is 0.696. The van der Waals surface area contributed by atoms with Gasteiger partial charge in [-0.1, -0.05) is 6.92 Å². The van der Waals surface area contributed by atoms with Crippen molar-refractivity contribution in [1.29, 1.82) is 0 Å². The van der Waals surface area contributed by atoms with E-state index in [1.54, 1.807) is 11.8 Å². The number of carbonyl (C=O) groups is 1. The Labute approximate surface area is 91.6 Å². The van der Waals surface area contributed by atoms with Gasteiger partial charge >= 0.3 is 0 Å². The fourth-order valence-corrected chi connectivity index (χ4v) is 1.91. The average Bonchev–Trinajstić information content (AvgIpc) is 2.59. The molecule has 0 spiro atoms. The molecule has 4 heteroatoms. The first-order valence-corrected chi connectivity index (χ1v) is 5.66. The molecule has 4 nitrogen and oxygen atoms in total. The summed E-state index contributed by atoms with van der Waals surface area (Å²) in [6.45, 7) is 6.21. The Bertz CT molecular complexity index is 219. The summed E-state index contributed by atoms with van der Waals surface area (Å²) >= 11 is 0. The van der Waals surface area contributed by atoms with Crippen molar-refractivity contribution in [3.05, 3.63) is 0 Å². The van der Waals surface area contributed by atoms with Crippen LogP contribution in [0.5, 0.6) is 0 Å². The fourth-order valence-electron chi connectivity index (χ4n) is 1.91. The van der Waals surface area contributed by atoms with Crippen LogP contribution in [-0.2, 0) is 4.79 Å². The first-order valence-electron chi connectivity index (χ1n) is 5.66. The van der Waals surface area contributed by atoms with Crippen LogP contribution < -0.4 is 5.32 Å². The van der Waals surface area contributed by atoms with Crippen molar-refractivity contribution in [2.45, 2.75) is 26.4 Å². The van der Waals surface area contributed by atoms with Crippen LogP contribution in [0.2, 0.25) is 0 Å². The summed E-state index contributed by atoms with van der Waals surface area (Å²) in [5, 5.41) is 12.4. The first-order chi connectivity index (χ1) is 7.02. The minimum atomic E-state index is -0.334. The van der Waals surface area contributed by atoms with Gasteiger partial charge in [-0.2, -0.15) is 0 Å². The zero-order chi connectivity index (χ0) is 11.4. The SMILES string of the molecule is CC(O)CCN(C)C(=O)[C@@H]1CNC[C@H]1C. The van der Waals surface area contributed by atoms with E-state index in [1.165, 1.54) is 0 Å². The van der Waals surface area contributed by atoms with Gasteiger partial charge in [-0.05, 0) is 25.8 Å². The van der Waals surface area contributed by atoms with Crippen LogP contribution in [0, 0.1) is 11.8 Å². The smallest absolute Gasteiger partial charge is 0.227 e. The topological polar surface area (TPSA) is 52.6 Å². The van der Waals surface area contributed by atoms with E-state index in [0.717, 1.165) is 13.1 Å². The molecule has 0 saturated carbocycles. The number of aliphatic hydroxyl groups is 1. The van der Waals surface area contributed by atoms with Crippen LogP contribution in [-0.4, -0.2) is 48.7 Å². The zero-order valence-corrected chi connectivity index (χ0v) is 9.86. The highest BCUT2D eigenvalue weighted by molar-refractivity contribution is 5.79. The number of carbonyl (C=O) groups excluding carboxylic acids is 1. The van der Waals surface area contributed by atoms with Crippen molar-refractivity contribution in [1.82, 2.24) is 10.2 Å². The number of nitrogens with one attached hydrogen (secondary N) is 1. The third-order valence-corrected chi connectivity index (χ3v) is 3.09. The maximum atomic E-state index is 12.0. The van der Waals surface area contributed by atoms with Crippen molar-refractivity contribution in [2.75, 3.05) is 26.7 Å². The van der Waals surface area contributed by atoms with Crippen molar-refractivity contribution >= 4 is 5.91 Å². The lowest BCUT2D eigenvalue weighted by Crippen LogP contribution is -2.37. The largest absolute Gasteiger partial charge is 0.393 e. The number of hydrogen-bond donors (Lipinski definition) is 2. The van der Waals surface area contributed by atoms with Gasteiger partial charge in [0.05, 0.1) is 12.0 Å². The first kappa shape index (κ1) is 12.5. The Morgan fingerprint density at radius 3 is 2.73 bits per heavy atom. The molecule has 1 saturated heterocycles. The summed E-state index contributed by atoms with van der Waals surface area (Å²) in [6.07, 6.45) is 0.316. The molecule has 1 aliphatic rings. The zero-order valence-electron chi connectivity index (χ0n) is 9.86. The lowest BCUT2D eigenvalue weighted by atomic mass is 9.97. The number of amides is 1. The molecule has 88 valence electrons. The Morgan fingerprint density at radius 1 is 1.60 bits per heavy atom. The summed E-state index contributed by atoms with van der Waals surface area (Å²) in [5.41, 5.74) is 0. The summed E-state index contributed by atoms with van der Waals surface area (Å²) in [6, 6.07) is 0. The summed E-state index contributed by atoms with van der Waals surface area (Å²) in [5.74, 6) is 0.739. The highest BCUT2D eigenvalue weighted by atomic mass is 16.3. The third-order valence-electron chi connectivity index (χ3n) is 3.09. The van der Waals surface area contributed by atoms with Crippen molar-refractivity contribution in [2.24, 2.45) is 11.8 Å². The van der Waals surface area contributed by atoms with Gasteiger partial charge in [0, 0.05) is 20.1 Å². The van der Waals surface area contributed by atoms with Crippen LogP contribution in [0.4, 0.5) is 0 Å². The second-order valence-electron chi connectivity index (χ2n) is 4.64. The monoisotopic (exact) mass is 214 g/mol. The van der Waals surface area contributed by atoms with Crippen molar-refractivity contribution < 1.29 is 9.90 Å². The van der Waals surface area contributed by atoms with Gasteiger partial charge < -0.3 is 15.3 Å². The van der Waals surface area contributed by atoms with E-state index in [-0.39, 0.29) is 17.9 Å². The van der Waals surface area contributed by atoms with Gasteiger partial charge in [0.1, 0.15) is 0 Å². The van der Waals surface area contributed by atoms with Gasteiger partial charge in [-0.3, -0.25) is 4.79 Å². The maximum absolute atomic E-state index is 12.0. The lowest BCUT2D eigenvalue weighted by Gasteiger charge is -2.23. The highest BCUT2D eigenvalue weighted by Gasteiger charge is 2.31. The summed E-state index contributed by atoms with van der Waals surface area (Å²) in [7, 11) is 1.82. The molecule has 3 atom stereocenters. The molecule has 1 aliphatic heterocycles. The Balaban J connectivity index is 2.38. The molecule has 0 aromatic heterocycles. The predicted octanol–water partition coefficient (Wildman–Crippen LogP) is 0.0712. The number of rotatable bonds is 4. The van der Waals surface area contributed by atoms with Crippen molar-refractivity contribution in [3.63, 3.8) is 0 Å². The second kappa shape index (κ2) is 5.47. The molecule has 0 aliphatic carbocycles. The molecular weight excluding hydrogens is 192 g/mol. The predicted molar refractivity (Wildman–Crippen MR) is 59.5 cm³/mol. The molecule has 0 aromatic rings. The standard InChI is InChI=1S/C11H22N2O2/c1-8-6-12-7-10(8)11(15)13(3)5-4-9(2)14/h8-10,12,14H,4-7H2,1-3H3/t8-,9?,10-/m1/s1. The van der Waals surface area contributed by atoms with Crippen LogP contribution in [0.3, 0.4) is 0 Å². The van der Waals surface area contributed by atoms with E-state index in [0.29, 0.717) is 18.9 Å². The molecule has 1 fully saturated rings. The minimum absolute atomic E-state index is 0.115. The van der Waals surface area contributed by atoms with E-state index >= 15 is 0 Å². The third kappa shape index (κ3) is 3.47. The molecule has 1 heterocycles. The van der Waals surface area contributed by atoms with E-state index in [1.807, 2.05) is 7.05 Å². The Hall–Kier alpha value is -0.610. The number of aliphatic hydroxyl groups excluding tert-OH is 1. The Kier molecular flexibility index (Phi) is 4.54. The molecule has 2 N–H and O–H groups in total. The summed E-state index contributed by atoms with van der Waals surface area (Å²) < 4.78 is 0. The van der Waals surface area contributed by atoms with Crippen molar-refractivity contribution in [3.8, 4) is 0 Å². The van der Waals surface area contributed by atoms with Gasteiger partial charge in [0.2, 0.25) is 5.91 Å². The molecule has 0 radical (unpaired) electrons. The molecule has 0 bridgehead atoms. The van der Waals surface area contributed by atoms with Crippen LogP contribution in [0.25, 0.3) is 0 Å². The fraction of sp³-hybridized carbons (Fsp3) is 0.909. The number of hydrogen-bond acceptors (Lipinski definition) is 3. The van der Waals surface area contributed by atoms with Crippen LogP contribution >= 0.6 is 0 Å². The van der Waals surface area contributed by atoms with E-state index in [2.05, 4.69) is 12.2 Å². The number of nitrogens with zero attached hydrogens (tertiary/aromatic N) is 1. The molecule has 1 amide bonds. The molecular formula is C11H22N2O2. The van der Waals surface area contributed by atoms with Crippen LogP contribution in [0.1, 0.15) is 20.3 Å². The van der Waals surface area contributed by atoms with E-state index in [4.69, 9.17) is 5.11 Å². The second-order valence-corrected chi connectivity index (χ2v) is 4.64. The molecule has 1 rings (SSSR count). The summed E-state index contributed by atoms with van der Waals surface area (Å²) in [4.78, 5) is 13.7. The molecule has 1 unspecified atom stereocenters. The Morgan fingerprint density at radius 2 is 2.27 bits per heavy atom. The van der Waals surface area contributed by atoms with Gasteiger partial charge in [0.15, 0.2) is 0 Å². The van der Waals surface area contributed by atoms with E-state index < -0.39 is 0 Å². The normalized spacial score (nSPS) is 27.7. The molecule has 0 aromatic carbocycles. The van der Waals surface area contributed by atoms with Gasteiger partial charge in [-0.15, -0.1) is 0 Å². The van der Waals surface area contributed by atoms with Gasteiger partial charge in [0.25, 0.3) is 0 Å². The van der Waals surface area contributed by atoms with Crippen LogP contribution in [0.15, 0.2) is 0 Å². The maximum Gasteiger partial charge on any atom is 0.227 e. The van der Waals surface area contributed by atoms with Gasteiger partial charge in [-0.25, -0.2) is 0 Å². The lowest BCUT2D eigenvalue weighted by molar-refractivity contribution is -0.134.